The Morgan fingerprint density at radius 2 is 1.57 bits per heavy atom. The zero-order valence-electron chi connectivity index (χ0n) is 17.9. The average molecular weight is 415 g/mol. The minimum Gasteiger partial charge on any atom is -0.493 e. The molecule has 0 atom stereocenters. The third-order valence-electron chi connectivity index (χ3n) is 4.53. The summed E-state index contributed by atoms with van der Waals surface area (Å²) in [7, 11) is 6.44. The first-order chi connectivity index (χ1) is 14.5. The van der Waals surface area contributed by atoms with Gasteiger partial charge in [0, 0.05) is 31.4 Å². The van der Waals surface area contributed by atoms with Crippen LogP contribution in [0, 0.1) is 0 Å². The van der Waals surface area contributed by atoms with E-state index in [1.807, 2.05) is 37.4 Å². The van der Waals surface area contributed by atoms with E-state index in [1.54, 1.807) is 0 Å². The highest BCUT2D eigenvalue weighted by atomic mass is 16.5. The van der Waals surface area contributed by atoms with Gasteiger partial charge < -0.3 is 29.7 Å². The number of anilines is 1. The van der Waals surface area contributed by atoms with Gasteiger partial charge in [-0.2, -0.15) is 0 Å². The zero-order chi connectivity index (χ0) is 21.9. The second-order valence-electron chi connectivity index (χ2n) is 6.56. The predicted molar refractivity (Wildman–Crippen MR) is 116 cm³/mol. The van der Waals surface area contributed by atoms with Crippen LogP contribution in [-0.2, 0) is 4.79 Å². The van der Waals surface area contributed by atoms with Crippen LogP contribution in [0.25, 0.3) is 0 Å². The van der Waals surface area contributed by atoms with E-state index in [-0.39, 0.29) is 12.5 Å². The predicted octanol–water partition coefficient (Wildman–Crippen LogP) is 2.08. The molecule has 0 saturated carbocycles. The maximum atomic E-state index is 12.4. The summed E-state index contributed by atoms with van der Waals surface area (Å²) in [5.41, 5.74) is 1.43. The van der Waals surface area contributed by atoms with Gasteiger partial charge in [0.05, 0.1) is 27.9 Å². The number of ether oxygens (including phenoxy) is 3. The zero-order valence-corrected chi connectivity index (χ0v) is 17.9. The van der Waals surface area contributed by atoms with E-state index < -0.39 is 5.91 Å². The van der Waals surface area contributed by atoms with E-state index in [2.05, 4.69) is 15.5 Å². The Bertz CT molecular complexity index is 817. The maximum Gasteiger partial charge on any atom is 0.251 e. The number of rotatable bonds is 11. The van der Waals surface area contributed by atoms with E-state index in [4.69, 9.17) is 14.2 Å². The largest absolute Gasteiger partial charge is 0.493 e. The number of methoxy groups -OCH3 is 3. The summed E-state index contributed by atoms with van der Waals surface area (Å²) in [5, 5.41) is 5.41. The van der Waals surface area contributed by atoms with Crippen LogP contribution in [0.3, 0.4) is 0 Å². The van der Waals surface area contributed by atoms with Crippen LogP contribution in [0.1, 0.15) is 16.8 Å². The molecule has 0 radical (unpaired) electrons. The summed E-state index contributed by atoms with van der Waals surface area (Å²) in [4.78, 5) is 26.6. The molecule has 0 fully saturated rings. The molecule has 2 amide bonds. The molecule has 162 valence electrons. The summed E-state index contributed by atoms with van der Waals surface area (Å²) >= 11 is 0. The molecule has 2 aromatic rings. The molecule has 0 aliphatic rings. The molecule has 2 N–H and O–H groups in total. The van der Waals surface area contributed by atoms with Crippen molar-refractivity contribution in [2.75, 3.05) is 52.9 Å². The lowest BCUT2D eigenvalue weighted by atomic mass is 10.1. The molecule has 0 spiro atoms. The van der Waals surface area contributed by atoms with Crippen LogP contribution in [0.2, 0.25) is 0 Å². The third-order valence-corrected chi connectivity index (χ3v) is 4.53. The van der Waals surface area contributed by atoms with Crippen LogP contribution in [0.15, 0.2) is 42.5 Å². The Morgan fingerprint density at radius 3 is 2.13 bits per heavy atom. The van der Waals surface area contributed by atoms with E-state index in [0.717, 1.165) is 18.7 Å². The number of hydrogen-bond acceptors (Lipinski definition) is 6. The lowest BCUT2D eigenvalue weighted by Crippen LogP contribution is -2.38. The fourth-order valence-electron chi connectivity index (χ4n) is 2.89. The molecule has 2 rings (SSSR count). The number of carbonyl (C=O) groups is 2. The highest BCUT2D eigenvalue weighted by molar-refractivity contribution is 5.97. The lowest BCUT2D eigenvalue weighted by Gasteiger charge is -2.19. The van der Waals surface area contributed by atoms with Crippen LogP contribution in [-0.4, -0.2) is 59.8 Å². The summed E-state index contributed by atoms with van der Waals surface area (Å²) in [5.74, 6) is 0.476. The molecule has 0 aromatic heterocycles. The van der Waals surface area contributed by atoms with Crippen LogP contribution >= 0.6 is 0 Å². The smallest absolute Gasteiger partial charge is 0.251 e. The normalized spacial score (nSPS) is 10.1. The van der Waals surface area contributed by atoms with Crippen molar-refractivity contribution in [1.29, 1.82) is 0 Å². The van der Waals surface area contributed by atoms with Crippen LogP contribution in [0.4, 0.5) is 5.69 Å². The molecule has 0 unspecified atom stereocenters. The molecule has 0 aliphatic carbocycles. The monoisotopic (exact) mass is 415 g/mol. The van der Waals surface area contributed by atoms with Crippen molar-refractivity contribution >= 4 is 17.5 Å². The van der Waals surface area contributed by atoms with E-state index in [1.165, 1.54) is 33.5 Å². The van der Waals surface area contributed by atoms with Gasteiger partial charge in [-0.1, -0.05) is 18.2 Å². The second kappa shape index (κ2) is 11.5. The first-order valence-corrected chi connectivity index (χ1v) is 9.61. The van der Waals surface area contributed by atoms with Crippen molar-refractivity contribution in [3.05, 3.63) is 48.0 Å². The fraction of sp³-hybridized carbons (Fsp3) is 0.364. The van der Waals surface area contributed by atoms with Crippen molar-refractivity contribution in [2.45, 2.75) is 6.42 Å². The average Bonchev–Trinajstić information content (AvgIpc) is 2.79. The van der Waals surface area contributed by atoms with Crippen LogP contribution in [0.5, 0.6) is 17.2 Å². The highest BCUT2D eigenvalue weighted by Gasteiger charge is 2.17. The van der Waals surface area contributed by atoms with Gasteiger partial charge >= 0.3 is 0 Å². The third kappa shape index (κ3) is 6.30. The van der Waals surface area contributed by atoms with E-state index in [9.17, 15) is 9.59 Å². The molecule has 0 aliphatic heterocycles. The van der Waals surface area contributed by atoms with Gasteiger partial charge in [-0.15, -0.1) is 0 Å². The number of nitrogens with zero attached hydrogens (tertiary/aromatic N) is 1. The first-order valence-electron chi connectivity index (χ1n) is 9.61. The minimum atomic E-state index is -0.409. The molecular weight excluding hydrogens is 386 g/mol. The number of carbonyl (C=O) groups excluding carboxylic acids is 2. The number of nitrogens with one attached hydrogen (secondary N) is 2. The van der Waals surface area contributed by atoms with Gasteiger partial charge in [0.25, 0.3) is 5.91 Å². The Balaban J connectivity index is 1.78. The van der Waals surface area contributed by atoms with Gasteiger partial charge in [-0.25, -0.2) is 0 Å². The standard InChI is InChI=1S/C22H29N3O5/c1-25(17-9-6-5-7-10-17)12-8-11-23-20(26)15-24-22(27)16-13-18(28-2)21(30-4)19(14-16)29-3/h5-7,9-10,13-14H,8,11-12,15H2,1-4H3,(H,23,26)(H,24,27). The van der Waals surface area contributed by atoms with Crippen molar-refractivity contribution in [3.63, 3.8) is 0 Å². The summed E-state index contributed by atoms with van der Waals surface area (Å²) in [6.45, 7) is 1.21. The van der Waals surface area contributed by atoms with Gasteiger partial charge in [0.15, 0.2) is 11.5 Å². The topological polar surface area (TPSA) is 89.1 Å². The molecule has 0 heterocycles. The van der Waals surface area contributed by atoms with Crippen LogP contribution < -0.4 is 29.7 Å². The van der Waals surface area contributed by atoms with Crippen molar-refractivity contribution in [3.8, 4) is 17.2 Å². The molecule has 30 heavy (non-hydrogen) atoms. The van der Waals surface area contributed by atoms with Crippen molar-refractivity contribution < 1.29 is 23.8 Å². The van der Waals surface area contributed by atoms with Gasteiger partial charge in [-0.05, 0) is 30.7 Å². The van der Waals surface area contributed by atoms with E-state index >= 15 is 0 Å². The highest BCUT2D eigenvalue weighted by Crippen LogP contribution is 2.38. The van der Waals surface area contributed by atoms with Crippen molar-refractivity contribution in [2.24, 2.45) is 0 Å². The molecular formula is C22H29N3O5. The first kappa shape index (κ1) is 22.9. The Morgan fingerprint density at radius 1 is 0.933 bits per heavy atom. The SMILES string of the molecule is COc1cc(C(=O)NCC(=O)NCCCN(C)c2ccccc2)cc(OC)c1OC. The Labute approximate surface area is 177 Å². The molecule has 8 nitrogen and oxygen atoms in total. The summed E-state index contributed by atoms with van der Waals surface area (Å²) in [6.07, 6.45) is 0.790. The fourth-order valence-corrected chi connectivity index (χ4v) is 2.89. The second-order valence-corrected chi connectivity index (χ2v) is 6.56. The molecule has 0 bridgehead atoms. The number of benzene rings is 2. The van der Waals surface area contributed by atoms with Gasteiger partial charge in [0.2, 0.25) is 11.7 Å². The maximum absolute atomic E-state index is 12.4. The Kier molecular flexibility index (Phi) is 8.80. The lowest BCUT2D eigenvalue weighted by molar-refractivity contribution is -0.120. The quantitative estimate of drug-likeness (QED) is 0.547. The van der Waals surface area contributed by atoms with Gasteiger partial charge in [-0.3, -0.25) is 9.59 Å². The molecule has 2 aromatic carbocycles. The number of amides is 2. The molecule has 8 heteroatoms. The van der Waals surface area contributed by atoms with Gasteiger partial charge in [0.1, 0.15) is 0 Å². The number of para-hydroxylation sites is 1. The summed E-state index contributed by atoms with van der Waals surface area (Å²) < 4.78 is 15.7. The summed E-state index contributed by atoms with van der Waals surface area (Å²) in [6, 6.07) is 13.1. The molecule has 0 saturated heterocycles. The number of hydrogen-bond donors (Lipinski definition) is 2. The minimum absolute atomic E-state index is 0.121. The van der Waals surface area contributed by atoms with Crippen molar-refractivity contribution in [1.82, 2.24) is 10.6 Å². The Hall–Kier alpha value is -3.42. The van der Waals surface area contributed by atoms with E-state index in [0.29, 0.717) is 29.4 Å².